The van der Waals surface area contributed by atoms with Gasteiger partial charge in [-0.2, -0.15) is 0 Å². The van der Waals surface area contributed by atoms with Crippen molar-refractivity contribution in [2.75, 3.05) is 27.2 Å². The van der Waals surface area contributed by atoms with Crippen LogP contribution in [0.4, 0.5) is 0 Å². The Balaban J connectivity index is 1.81. The second-order valence-electron chi connectivity index (χ2n) is 5.20. The lowest BCUT2D eigenvalue weighted by Gasteiger charge is -2.18. The molecule has 1 amide bonds. The van der Waals surface area contributed by atoms with Crippen LogP contribution in [0.15, 0.2) is 18.2 Å². The van der Waals surface area contributed by atoms with Gasteiger partial charge in [-0.15, -0.1) is 0 Å². The quantitative estimate of drug-likeness (QED) is 0.868. The monoisotopic (exact) mass is 262 g/mol. The molecule has 0 bridgehead atoms. The van der Waals surface area contributed by atoms with Gasteiger partial charge in [0, 0.05) is 20.5 Å². The standard InChI is InChI=1S/C15H22N2O2/c1-11(15(18)17(2)3)16-8-6-12-4-5-14-13(10-12)7-9-19-14/h4-5,10-11,16H,6-9H2,1-3H3. The molecule has 1 aromatic carbocycles. The van der Waals surface area contributed by atoms with Gasteiger partial charge in [-0.05, 0) is 37.1 Å². The Labute approximate surface area is 114 Å². The zero-order chi connectivity index (χ0) is 13.8. The Morgan fingerprint density at radius 2 is 2.26 bits per heavy atom. The molecule has 1 aliphatic rings. The topological polar surface area (TPSA) is 41.6 Å². The molecule has 0 aliphatic carbocycles. The Kier molecular flexibility index (Phi) is 4.43. The molecule has 1 atom stereocenters. The maximum Gasteiger partial charge on any atom is 0.238 e. The van der Waals surface area contributed by atoms with E-state index in [1.54, 1.807) is 19.0 Å². The Bertz CT molecular complexity index is 457. The lowest BCUT2D eigenvalue weighted by Crippen LogP contribution is -2.42. The van der Waals surface area contributed by atoms with Crippen molar-refractivity contribution in [2.45, 2.75) is 25.8 Å². The minimum atomic E-state index is -0.132. The van der Waals surface area contributed by atoms with E-state index in [0.29, 0.717) is 0 Å². The van der Waals surface area contributed by atoms with Crippen molar-refractivity contribution >= 4 is 5.91 Å². The first kappa shape index (κ1) is 13.9. The van der Waals surface area contributed by atoms with E-state index in [0.717, 1.165) is 31.7 Å². The number of carbonyl (C=O) groups is 1. The maximum absolute atomic E-state index is 11.7. The number of hydrogen-bond acceptors (Lipinski definition) is 3. The van der Waals surface area contributed by atoms with Crippen LogP contribution in [-0.4, -0.2) is 44.1 Å². The van der Waals surface area contributed by atoms with E-state index >= 15 is 0 Å². The molecule has 0 aromatic heterocycles. The molecule has 2 rings (SSSR count). The van der Waals surface area contributed by atoms with Gasteiger partial charge in [-0.25, -0.2) is 0 Å². The third kappa shape index (κ3) is 3.47. The number of carbonyl (C=O) groups excluding carboxylic acids is 1. The van der Waals surface area contributed by atoms with E-state index in [1.165, 1.54) is 11.1 Å². The van der Waals surface area contributed by atoms with Crippen LogP contribution in [0.25, 0.3) is 0 Å². The summed E-state index contributed by atoms with van der Waals surface area (Å²) in [7, 11) is 3.56. The Morgan fingerprint density at radius 3 is 3.00 bits per heavy atom. The number of likely N-dealkylation sites (N-methyl/N-ethyl adjacent to an activating group) is 1. The minimum absolute atomic E-state index is 0.113. The first-order valence-corrected chi connectivity index (χ1v) is 6.77. The van der Waals surface area contributed by atoms with Crippen LogP contribution < -0.4 is 10.1 Å². The summed E-state index contributed by atoms with van der Waals surface area (Å²) in [5.74, 6) is 1.13. The van der Waals surface area contributed by atoms with Crippen molar-refractivity contribution in [2.24, 2.45) is 0 Å². The van der Waals surface area contributed by atoms with Crippen molar-refractivity contribution in [1.29, 1.82) is 0 Å². The largest absolute Gasteiger partial charge is 0.493 e. The fraction of sp³-hybridized carbons (Fsp3) is 0.533. The average Bonchev–Trinajstić information content (AvgIpc) is 2.84. The third-order valence-corrected chi connectivity index (χ3v) is 3.43. The van der Waals surface area contributed by atoms with Crippen LogP contribution in [0.5, 0.6) is 5.75 Å². The summed E-state index contributed by atoms with van der Waals surface area (Å²) in [5, 5.41) is 3.26. The molecular formula is C15H22N2O2. The van der Waals surface area contributed by atoms with E-state index in [4.69, 9.17) is 4.74 Å². The summed E-state index contributed by atoms with van der Waals surface area (Å²) in [5.41, 5.74) is 2.59. The number of benzene rings is 1. The van der Waals surface area contributed by atoms with Gasteiger partial charge in [-0.3, -0.25) is 4.79 Å². The maximum atomic E-state index is 11.7. The molecule has 0 fully saturated rings. The molecule has 0 saturated heterocycles. The molecule has 0 saturated carbocycles. The molecule has 1 aliphatic heterocycles. The van der Waals surface area contributed by atoms with Crippen molar-refractivity contribution in [1.82, 2.24) is 10.2 Å². The minimum Gasteiger partial charge on any atom is -0.493 e. The fourth-order valence-corrected chi connectivity index (χ4v) is 2.30. The van der Waals surface area contributed by atoms with Crippen LogP contribution in [0.1, 0.15) is 18.1 Å². The molecule has 1 unspecified atom stereocenters. The number of ether oxygens (including phenoxy) is 1. The van der Waals surface area contributed by atoms with E-state index in [1.807, 2.05) is 13.0 Å². The smallest absolute Gasteiger partial charge is 0.238 e. The molecule has 4 heteroatoms. The van der Waals surface area contributed by atoms with Crippen LogP contribution in [0.3, 0.4) is 0 Å². The molecule has 104 valence electrons. The molecule has 0 spiro atoms. The van der Waals surface area contributed by atoms with Crippen LogP contribution in [0.2, 0.25) is 0 Å². The first-order valence-electron chi connectivity index (χ1n) is 6.77. The van der Waals surface area contributed by atoms with Crippen LogP contribution in [-0.2, 0) is 17.6 Å². The van der Waals surface area contributed by atoms with Gasteiger partial charge in [0.15, 0.2) is 0 Å². The third-order valence-electron chi connectivity index (χ3n) is 3.43. The van der Waals surface area contributed by atoms with Crippen molar-refractivity contribution in [3.63, 3.8) is 0 Å². The number of amides is 1. The first-order chi connectivity index (χ1) is 9.08. The predicted molar refractivity (Wildman–Crippen MR) is 75.5 cm³/mol. The van der Waals surface area contributed by atoms with Crippen molar-refractivity contribution in [3.05, 3.63) is 29.3 Å². The van der Waals surface area contributed by atoms with Gasteiger partial charge < -0.3 is 15.0 Å². The SMILES string of the molecule is CC(NCCc1ccc2c(c1)CCO2)C(=O)N(C)C. The van der Waals surface area contributed by atoms with E-state index in [9.17, 15) is 4.79 Å². The molecule has 1 heterocycles. The molecular weight excluding hydrogens is 240 g/mol. The van der Waals surface area contributed by atoms with E-state index < -0.39 is 0 Å². The summed E-state index contributed by atoms with van der Waals surface area (Å²) in [6.07, 6.45) is 1.93. The van der Waals surface area contributed by atoms with E-state index in [2.05, 4.69) is 17.4 Å². The van der Waals surface area contributed by atoms with Gasteiger partial charge in [0.25, 0.3) is 0 Å². The normalized spacial score (nSPS) is 14.7. The zero-order valence-electron chi connectivity index (χ0n) is 11.9. The molecule has 4 nitrogen and oxygen atoms in total. The number of rotatable bonds is 5. The molecule has 1 aromatic rings. The number of nitrogens with zero attached hydrogens (tertiary/aromatic N) is 1. The van der Waals surface area contributed by atoms with Crippen molar-refractivity contribution in [3.8, 4) is 5.75 Å². The van der Waals surface area contributed by atoms with Gasteiger partial charge in [-0.1, -0.05) is 12.1 Å². The highest BCUT2D eigenvalue weighted by molar-refractivity contribution is 5.80. The summed E-state index contributed by atoms with van der Waals surface area (Å²) in [6.45, 7) is 3.50. The average molecular weight is 262 g/mol. The highest BCUT2D eigenvalue weighted by atomic mass is 16.5. The Morgan fingerprint density at radius 1 is 1.47 bits per heavy atom. The highest BCUT2D eigenvalue weighted by Crippen LogP contribution is 2.25. The van der Waals surface area contributed by atoms with Crippen LogP contribution in [0, 0.1) is 0 Å². The molecule has 0 radical (unpaired) electrons. The molecule has 19 heavy (non-hydrogen) atoms. The number of nitrogens with one attached hydrogen (secondary N) is 1. The number of hydrogen-bond donors (Lipinski definition) is 1. The van der Waals surface area contributed by atoms with Crippen LogP contribution >= 0.6 is 0 Å². The second-order valence-corrected chi connectivity index (χ2v) is 5.20. The molecule has 1 N–H and O–H groups in total. The summed E-state index contributed by atoms with van der Waals surface area (Å²) < 4.78 is 5.49. The van der Waals surface area contributed by atoms with Gasteiger partial charge in [0.1, 0.15) is 5.75 Å². The lowest BCUT2D eigenvalue weighted by molar-refractivity contribution is -0.130. The second kappa shape index (κ2) is 6.06. The van der Waals surface area contributed by atoms with Gasteiger partial charge >= 0.3 is 0 Å². The fourth-order valence-electron chi connectivity index (χ4n) is 2.30. The lowest BCUT2D eigenvalue weighted by atomic mass is 10.1. The van der Waals surface area contributed by atoms with Gasteiger partial charge in [0.2, 0.25) is 5.91 Å². The highest BCUT2D eigenvalue weighted by Gasteiger charge is 2.14. The summed E-state index contributed by atoms with van der Waals surface area (Å²) in [6, 6.07) is 6.23. The number of fused-ring (bicyclic) bond motifs is 1. The van der Waals surface area contributed by atoms with Crippen molar-refractivity contribution < 1.29 is 9.53 Å². The van der Waals surface area contributed by atoms with E-state index in [-0.39, 0.29) is 11.9 Å². The zero-order valence-corrected chi connectivity index (χ0v) is 11.9. The summed E-state index contributed by atoms with van der Waals surface area (Å²) >= 11 is 0. The van der Waals surface area contributed by atoms with Gasteiger partial charge in [0.05, 0.1) is 12.6 Å². The Hall–Kier alpha value is -1.55. The summed E-state index contributed by atoms with van der Waals surface area (Å²) in [4.78, 5) is 13.3. The predicted octanol–water partition coefficient (Wildman–Crippen LogP) is 1.23.